The molecule has 0 aliphatic rings. The van der Waals surface area contributed by atoms with E-state index in [1.54, 1.807) is 6.07 Å². The van der Waals surface area contributed by atoms with Crippen molar-refractivity contribution in [3.8, 4) is 0 Å². The van der Waals surface area contributed by atoms with Gasteiger partial charge in [0.1, 0.15) is 11.4 Å². The van der Waals surface area contributed by atoms with Crippen LogP contribution in [0, 0.1) is 0 Å². The maximum Gasteiger partial charge on any atom is 0.305 e. The number of hydrazine groups is 1. The number of nitrogens with zero attached hydrogens (tertiary/aromatic N) is 2. The Morgan fingerprint density at radius 3 is 2.78 bits per heavy atom. The first-order valence-electron chi connectivity index (χ1n) is 6.69. The number of amides is 2. The monoisotopic (exact) mass is 328 g/mol. The van der Waals surface area contributed by atoms with Gasteiger partial charge in [-0.2, -0.15) is 0 Å². The maximum absolute atomic E-state index is 11.8. The smallest absolute Gasteiger partial charge is 0.305 e. The summed E-state index contributed by atoms with van der Waals surface area (Å²) in [5.74, 6) is -0.627. The molecular formula is C15H12N4O3S. The predicted molar refractivity (Wildman–Crippen MR) is 84.6 cm³/mol. The van der Waals surface area contributed by atoms with E-state index >= 15 is 0 Å². The topological polar surface area (TPSA) is 97.1 Å². The quantitative estimate of drug-likeness (QED) is 0.430. The highest BCUT2D eigenvalue weighted by Gasteiger charge is 2.11. The molecule has 3 aromatic rings. The molecule has 1 aromatic carbocycles. The summed E-state index contributed by atoms with van der Waals surface area (Å²) in [5, 5.41) is 1.59. The second-order valence-electron chi connectivity index (χ2n) is 4.46. The predicted octanol–water partition coefficient (Wildman–Crippen LogP) is 1.78. The highest BCUT2D eigenvalue weighted by molar-refractivity contribution is 8.00. The van der Waals surface area contributed by atoms with Crippen LogP contribution in [0.1, 0.15) is 10.6 Å². The lowest BCUT2D eigenvalue weighted by molar-refractivity contribution is -0.119. The number of carbonyl (C=O) groups is 2. The number of aromatic nitrogens is 2. The summed E-state index contributed by atoms with van der Waals surface area (Å²) in [6.07, 6.45) is 2.84. The fourth-order valence-corrected chi connectivity index (χ4v) is 2.65. The number of thioether (sulfide) groups is 1. The number of fused-ring (bicyclic) bond motifs is 1. The first-order valence-corrected chi connectivity index (χ1v) is 7.68. The standard InChI is InChI=1S/C15H12N4O3S/c20-13(18-19-14(21)12-6-3-7-22-12)8-23-15-10-4-1-2-5-11(10)16-9-17-15/h1-7,9H,8H2,(H,18,20)(H,19,21). The van der Waals surface area contributed by atoms with E-state index in [4.69, 9.17) is 4.42 Å². The summed E-state index contributed by atoms with van der Waals surface area (Å²) in [5.41, 5.74) is 5.42. The van der Waals surface area contributed by atoms with Crippen molar-refractivity contribution >= 4 is 34.5 Å². The lowest BCUT2D eigenvalue weighted by Gasteiger charge is -2.06. The third kappa shape index (κ3) is 3.67. The minimum atomic E-state index is -0.513. The maximum atomic E-state index is 11.8. The third-order valence-corrected chi connectivity index (χ3v) is 3.91. The summed E-state index contributed by atoms with van der Waals surface area (Å²) in [7, 11) is 0. The van der Waals surface area contributed by atoms with Crippen LogP contribution in [0.5, 0.6) is 0 Å². The molecule has 0 radical (unpaired) electrons. The zero-order chi connectivity index (χ0) is 16.1. The summed E-state index contributed by atoms with van der Waals surface area (Å²) in [6.45, 7) is 0. The van der Waals surface area contributed by atoms with Crippen LogP contribution in [0.25, 0.3) is 10.9 Å². The van der Waals surface area contributed by atoms with E-state index in [0.29, 0.717) is 5.03 Å². The molecule has 3 rings (SSSR count). The van der Waals surface area contributed by atoms with E-state index in [1.165, 1.54) is 30.4 Å². The van der Waals surface area contributed by atoms with Crippen molar-refractivity contribution in [2.75, 3.05) is 5.75 Å². The van der Waals surface area contributed by atoms with Gasteiger partial charge in [0.05, 0.1) is 17.5 Å². The summed E-state index contributed by atoms with van der Waals surface area (Å²) in [6, 6.07) is 10.6. The van der Waals surface area contributed by atoms with E-state index < -0.39 is 5.91 Å². The SMILES string of the molecule is O=C(CSc1ncnc2ccccc12)NNC(=O)c1ccco1. The summed E-state index contributed by atoms with van der Waals surface area (Å²) >= 11 is 1.27. The van der Waals surface area contributed by atoms with Crippen molar-refractivity contribution in [3.63, 3.8) is 0 Å². The van der Waals surface area contributed by atoms with Crippen LogP contribution in [-0.2, 0) is 4.79 Å². The number of nitrogens with one attached hydrogen (secondary N) is 2. The lowest BCUT2D eigenvalue weighted by atomic mass is 10.2. The van der Waals surface area contributed by atoms with Crippen molar-refractivity contribution in [1.29, 1.82) is 0 Å². The zero-order valence-electron chi connectivity index (χ0n) is 11.9. The number of hydrogen-bond donors (Lipinski definition) is 2. The minimum Gasteiger partial charge on any atom is -0.459 e. The Labute approximate surface area is 135 Å². The van der Waals surface area contributed by atoms with Gasteiger partial charge in [-0.1, -0.05) is 30.0 Å². The highest BCUT2D eigenvalue weighted by atomic mass is 32.2. The van der Waals surface area contributed by atoms with Gasteiger partial charge in [-0.25, -0.2) is 9.97 Å². The van der Waals surface area contributed by atoms with Gasteiger partial charge >= 0.3 is 5.91 Å². The Balaban J connectivity index is 1.55. The first kappa shape index (κ1) is 15.0. The van der Waals surface area contributed by atoms with Crippen molar-refractivity contribution in [3.05, 3.63) is 54.7 Å². The molecule has 2 heterocycles. The number of carbonyl (C=O) groups excluding carboxylic acids is 2. The first-order chi connectivity index (χ1) is 11.2. The molecule has 2 amide bonds. The minimum absolute atomic E-state index is 0.111. The molecule has 0 fully saturated rings. The van der Waals surface area contributed by atoms with Crippen LogP contribution < -0.4 is 10.9 Å². The van der Waals surface area contributed by atoms with Gasteiger partial charge < -0.3 is 4.42 Å². The number of para-hydroxylation sites is 1. The van der Waals surface area contributed by atoms with E-state index in [9.17, 15) is 9.59 Å². The molecular weight excluding hydrogens is 316 g/mol. The second-order valence-corrected chi connectivity index (χ2v) is 5.43. The molecule has 0 unspecified atom stereocenters. The highest BCUT2D eigenvalue weighted by Crippen LogP contribution is 2.23. The average molecular weight is 328 g/mol. The van der Waals surface area contributed by atoms with Crippen LogP contribution in [0.15, 0.2) is 58.4 Å². The summed E-state index contributed by atoms with van der Waals surface area (Å²) in [4.78, 5) is 31.8. The van der Waals surface area contributed by atoms with Crippen LogP contribution in [0.3, 0.4) is 0 Å². The number of hydrogen-bond acceptors (Lipinski definition) is 6. The zero-order valence-corrected chi connectivity index (χ0v) is 12.7. The van der Waals surface area contributed by atoms with Crippen LogP contribution in [0.4, 0.5) is 0 Å². The Morgan fingerprint density at radius 1 is 1.09 bits per heavy atom. The Bertz CT molecular complexity index is 830. The molecule has 0 atom stereocenters. The van der Waals surface area contributed by atoms with Gasteiger partial charge in [0.2, 0.25) is 5.91 Å². The molecule has 2 aromatic heterocycles. The largest absolute Gasteiger partial charge is 0.459 e. The van der Waals surface area contributed by atoms with Crippen LogP contribution in [-0.4, -0.2) is 27.5 Å². The molecule has 0 saturated heterocycles. The van der Waals surface area contributed by atoms with Gasteiger partial charge in [0.25, 0.3) is 0 Å². The van der Waals surface area contributed by atoms with Gasteiger partial charge in [0, 0.05) is 5.39 Å². The Hall–Kier alpha value is -2.87. The number of rotatable bonds is 4. The van der Waals surface area contributed by atoms with Gasteiger partial charge in [-0.15, -0.1) is 0 Å². The van der Waals surface area contributed by atoms with Crippen molar-refractivity contribution in [1.82, 2.24) is 20.8 Å². The van der Waals surface area contributed by atoms with E-state index in [2.05, 4.69) is 20.8 Å². The molecule has 0 bridgehead atoms. The fourth-order valence-electron chi connectivity index (χ4n) is 1.86. The van der Waals surface area contributed by atoms with Crippen molar-refractivity contribution < 1.29 is 14.0 Å². The molecule has 0 aliphatic carbocycles. The number of benzene rings is 1. The molecule has 0 aliphatic heterocycles. The second kappa shape index (κ2) is 6.93. The molecule has 0 saturated carbocycles. The molecule has 0 spiro atoms. The normalized spacial score (nSPS) is 10.4. The van der Waals surface area contributed by atoms with Crippen LogP contribution in [0.2, 0.25) is 0 Å². The molecule has 23 heavy (non-hydrogen) atoms. The average Bonchev–Trinajstić information content (AvgIpc) is 3.12. The van der Waals surface area contributed by atoms with Gasteiger partial charge in [0.15, 0.2) is 5.76 Å². The van der Waals surface area contributed by atoms with E-state index in [0.717, 1.165) is 10.9 Å². The third-order valence-electron chi connectivity index (χ3n) is 2.91. The van der Waals surface area contributed by atoms with Crippen molar-refractivity contribution in [2.24, 2.45) is 0 Å². The molecule has 116 valence electrons. The van der Waals surface area contributed by atoms with Gasteiger partial charge in [-0.05, 0) is 18.2 Å². The lowest BCUT2D eigenvalue weighted by Crippen LogP contribution is -2.42. The van der Waals surface area contributed by atoms with Crippen molar-refractivity contribution in [2.45, 2.75) is 5.03 Å². The molecule has 8 heteroatoms. The Morgan fingerprint density at radius 2 is 1.96 bits per heavy atom. The van der Waals surface area contributed by atoms with Gasteiger partial charge in [-0.3, -0.25) is 20.4 Å². The fraction of sp³-hybridized carbons (Fsp3) is 0.0667. The van der Waals surface area contributed by atoms with E-state index in [1.807, 2.05) is 24.3 Å². The molecule has 7 nitrogen and oxygen atoms in total. The molecule has 2 N–H and O–H groups in total. The van der Waals surface area contributed by atoms with E-state index in [-0.39, 0.29) is 17.4 Å². The summed E-state index contributed by atoms with van der Waals surface area (Å²) < 4.78 is 4.92. The number of furan rings is 1. The Kier molecular flexibility index (Phi) is 4.53. The van der Waals surface area contributed by atoms with Crippen LogP contribution >= 0.6 is 11.8 Å².